The van der Waals surface area contributed by atoms with Gasteiger partial charge in [-0.2, -0.15) is 0 Å². The van der Waals surface area contributed by atoms with Crippen LogP contribution in [0.15, 0.2) is 24.3 Å². The lowest BCUT2D eigenvalue weighted by Gasteiger charge is -2.29. The lowest BCUT2D eigenvalue weighted by Crippen LogP contribution is -2.31. The second-order valence-electron chi connectivity index (χ2n) is 5.10. The summed E-state index contributed by atoms with van der Waals surface area (Å²) in [5.41, 5.74) is 0.263. The van der Waals surface area contributed by atoms with E-state index in [2.05, 4.69) is 0 Å². The van der Waals surface area contributed by atoms with Crippen LogP contribution in [0.25, 0.3) is 0 Å². The van der Waals surface area contributed by atoms with Crippen LogP contribution in [0.1, 0.15) is 38.4 Å². The Balaban J connectivity index is 2.05. The third-order valence-electron chi connectivity index (χ3n) is 3.21. The predicted octanol–water partition coefficient (Wildman–Crippen LogP) is 2.69. The predicted molar refractivity (Wildman–Crippen MR) is 66.1 cm³/mol. The molecule has 1 aromatic rings. The van der Waals surface area contributed by atoms with Gasteiger partial charge in [0.05, 0.1) is 11.7 Å². The Bertz CT molecular complexity index is 366. The molecule has 0 spiro atoms. The van der Waals surface area contributed by atoms with Crippen LogP contribution in [0.2, 0.25) is 0 Å². The van der Waals surface area contributed by atoms with E-state index in [9.17, 15) is 5.11 Å². The van der Waals surface area contributed by atoms with Crippen LogP contribution < -0.4 is 4.74 Å². The standard InChI is InChI=1S/C14H20O3/c1-14(2,16-3)13(15)10-4-6-11(7-5-10)17-12-8-9-12/h4-7,12-13,15H,8-9H2,1-3H3. The largest absolute Gasteiger partial charge is 0.490 e. The minimum atomic E-state index is -0.637. The van der Waals surface area contributed by atoms with Crippen molar-refractivity contribution < 1.29 is 14.6 Å². The highest BCUT2D eigenvalue weighted by Crippen LogP contribution is 2.31. The van der Waals surface area contributed by atoms with Crippen molar-refractivity contribution in [3.05, 3.63) is 29.8 Å². The van der Waals surface area contributed by atoms with E-state index in [1.807, 2.05) is 38.1 Å². The van der Waals surface area contributed by atoms with E-state index in [1.54, 1.807) is 7.11 Å². The molecule has 0 saturated heterocycles. The molecule has 0 bridgehead atoms. The van der Waals surface area contributed by atoms with Gasteiger partial charge in [0, 0.05) is 7.11 Å². The Hall–Kier alpha value is -1.06. The minimum Gasteiger partial charge on any atom is -0.490 e. The molecule has 1 aliphatic carbocycles. The second kappa shape index (κ2) is 4.67. The number of ether oxygens (including phenoxy) is 2. The third kappa shape index (κ3) is 2.99. The Morgan fingerprint density at radius 2 is 1.82 bits per heavy atom. The molecule has 0 heterocycles. The van der Waals surface area contributed by atoms with Gasteiger partial charge in [-0.1, -0.05) is 12.1 Å². The van der Waals surface area contributed by atoms with Gasteiger partial charge in [0.2, 0.25) is 0 Å². The van der Waals surface area contributed by atoms with Gasteiger partial charge < -0.3 is 14.6 Å². The van der Waals surface area contributed by atoms with E-state index in [1.165, 1.54) is 0 Å². The fourth-order valence-corrected chi connectivity index (χ4v) is 1.62. The Kier molecular flexibility index (Phi) is 3.40. The topological polar surface area (TPSA) is 38.7 Å². The van der Waals surface area contributed by atoms with E-state index in [-0.39, 0.29) is 0 Å². The van der Waals surface area contributed by atoms with Crippen molar-refractivity contribution in [2.75, 3.05) is 7.11 Å². The fourth-order valence-electron chi connectivity index (χ4n) is 1.62. The highest BCUT2D eigenvalue weighted by atomic mass is 16.5. The van der Waals surface area contributed by atoms with Crippen molar-refractivity contribution in [2.24, 2.45) is 0 Å². The lowest BCUT2D eigenvalue weighted by atomic mass is 9.94. The van der Waals surface area contributed by atoms with Crippen molar-refractivity contribution in [2.45, 2.75) is 44.5 Å². The summed E-state index contributed by atoms with van der Waals surface area (Å²) in [6, 6.07) is 7.59. The molecule has 0 radical (unpaired) electrons. The lowest BCUT2D eigenvalue weighted by molar-refractivity contribution is -0.0793. The highest BCUT2D eigenvalue weighted by molar-refractivity contribution is 5.30. The zero-order chi connectivity index (χ0) is 12.5. The molecule has 1 aliphatic rings. The quantitative estimate of drug-likeness (QED) is 0.854. The monoisotopic (exact) mass is 236 g/mol. The molecule has 1 aromatic carbocycles. The van der Waals surface area contributed by atoms with Crippen LogP contribution in [-0.2, 0) is 4.74 Å². The molecule has 1 atom stereocenters. The summed E-state index contributed by atoms with van der Waals surface area (Å²) in [7, 11) is 1.60. The molecular weight excluding hydrogens is 216 g/mol. The number of aliphatic hydroxyl groups excluding tert-OH is 1. The van der Waals surface area contributed by atoms with Crippen LogP contribution in [0.4, 0.5) is 0 Å². The first-order chi connectivity index (χ1) is 8.03. The zero-order valence-electron chi connectivity index (χ0n) is 10.6. The van der Waals surface area contributed by atoms with Crippen molar-refractivity contribution in [3.63, 3.8) is 0 Å². The van der Waals surface area contributed by atoms with Crippen LogP contribution in [0.5, 0.6) is 5.75 Å². The van der Waals surface area contributed by atoms with E-state index >= 15 is 0 Å². The summed E-state index contributed by atoms with van der Waals surface area (Å²) >= 11 is 0. The SMILES string of the molecule is COC(C)(C)C(O)c1ccc(OC2CC2)cc1. The zero-order valence-corrected chi connectivity index (χ0v) is 10.6. The normalized spacial score (nSPS) is 17.9. The number of benzene rings is 1. The molecule has 1 N–H and O–H groups in total. The summed E-state index contributed by atoms with van der Waals surface area (Å²) in [5.74, 6) is 0.874. The summed E-state index contributed by atoms with van der Waals surface area (Å²) in [6.45, 7) is 3.73. The Labute approximate surface area is 102 Å². The fraction of sp³-hybridized carbons (Fsp3) is 0.571. The molecular formula is C14H20O3. The van der Waals surface area contributed by atoms with E-state index in [0.29, 0.717) is 6.10 Å². The average Bonchev–Trinajstić information content (AvgIpc) is 3.13. The molecule has 1 unspecified atom stereocenters. The molecule has 2 rings (SSSR count). The molecule has 0 aliphatic heterocycles. The molecule has 1 saturated carbocycles. The number of rotatable bonds is 5. The maximum atomic E-state index is 10.2. The Morgan fingerprint density at radius 3 is 2.29 bits per heavy atom. The molecule has 17 heavy (non-hydrogen) atoms. The second-order valence-corrected chi connectivity index (χ2v) is 5.10. The summed E-state index contributed by atoms with van der Waals surface area (Å²) in [4.78, 5) is 0. The summed E-state index contributed by atoms with van der Waals surface area (Å²) < 4.78 is 10.9. The van der Waals surface area contributed by atoms with Gasteiger partial charge in [0.25, 0.3) is 0 Å². The summed E-state index contributed by atoms with van der Waals surface area (Å²) in [5, 5.41) is 10.2. The molecule has 0 aromatic heterocycles. The van der Waals surface area contributed by atoms with E-state index < -0.39 is 11.7 Å². The summed E-state index contributed by atoms with van der Waals surface area (Å²) in [6.07, 6.45) is 2.07. The number of hydrogen-bond acceptors (Lipinski definition) is 3. The average molecular weight is 236 g/mol. The molecule has 1 fully saturated rings. The van der Waals surface area contributed by atoms with E-state index in [4.69, 9.17) is 9.47 Å². The molecule has 0 amide bonds. The van der Waals surface area contributed by atoms with Crippen LogP contribution in [0, 0.1) is 0 Å². The van der Waals surface area contributed by atoms with Gasteiger partial charge in [-0.05, 0) is 44.4 Å². The Morgan fingerprint density at radius 1 is 1.24 bits per heavy atom. The first-order valence-corrected chi connectivity index (χ1v) is 6.03. The molecule has 3 nitrogen and oxygen atoms in total. The maximum absolute atomic E-state index is 10.2. The first kappa shape index (κ1) is 12.4. The van der Waals surface area contributed by atoms with Crippen molar-refractivity contribution in [1.29, 1.82) is 0 Å². The van der Waals surface area contributed by atoms with Gasteiger partial charge in [0.15, 0.2) is 0 Å². The minimum absolute atomic E-state index is 0.404. The van der Waals surface area contributed by atoms with Crippen molar-refractivity contribution >= 4 is 0 Å². The number of methoxy groups -OCH3 is 1. The van der Waals surface area contributed by atoms with Crippen LogP contribution >= 0.6 is 0 Å². The number of hydrogen-bond donors (Lipinski definition) is 1. The van der Waals surface area contributed by atoms with Crippen molar-refractivity contribution in [3.8, 4) is 5.75 Å². The third-order valence-corrected chi connectivity index (χ3v) is 3.21. The van der Waals surface area contributed by atoms with Crippen LogP contribution in [0.3, 0.4) is 0 Å². The first-order valence-electron chi connectivity index (χ1n) is 6.03. The number of aliphatic hydroxyl groups is 1. The van der Waals surface area contributed by atoms with Gasteiger partial charge in [-0.15, -0.1) is 0 Å². The maximum Gasteiger partial charge on any atom is 0.119 e. The van der Waals surface area contributed by atoms with Crippen molar-refractivity contribution in [1.82, 2.24) is 0 Å². The van der Waals surface area contributed by atoms with Gasteiger partial charge in [0.1, 0.15) is 11.9 Å². The molecule has 3 heteroatoms. The van der Waals surface area contributed by atoms with Gasteiger partial charge in [-0.25, -0.2) is 0 Å². The van der Waals surface area contributed by atoms with Crippen LogP contribution in [-0.4, -0.2) is 23.9 Å². The van der Waals surface area contributed by atoms with Gasteiger partial charge in [-0.3, -0.25) is 0 Å². The highest BCUT2D eigenvalue weighted by Gasteiger charge is 2.29. The van der Waals surface area contributed by atoms with Gasteiger partial charge >= 0.3 is 0 Å². The molecule has 94 valence electrons. The van der Waals surface area contributed by atoms with E-state index in [0.717, 1.165) is 24.2 Å². The smallest absolute Gasteiger partial charge is 0.119 e.